The van der Waals surface area contributed by atoms with Crippen LogP contribution in [0.15, 0.2) is 66.7 Å². The second-order valence-corrected chi connectivity index (χ2v) is 7.99. The molecule has 0 unspecified atom stereocenters. The van der Waals surface area contributed by atoms with Crippen molar-refractivity contribution in [3.05, 3.63) is 99.4 Å². The summed E-state index contributed by atoms with van der Waals surface area (Å²) in [7, 11) is 0. The Balaban J connectivity index is 2.23. The number of rotatable bonds is 6. The van der Waals surface area contributed by atoms with Gasteiger partial charge < -0.3 is 16.2 Å². The summed E-state index contributed by atoms with van der Waals surface area (Å²) in [6.45, 7) is 1.81. The molecule has 0 bridgehead atoms. The van der Waals surface area contributed by atoms with Crippen molar-refractivity contribution in [1.82, 2.24) is 0 Å². The van der Waals surface area contributed by atoms with Gasteiger partial charge in [-0.2, -0.15) is 26.3 Å². The van der Waals surface area contributed by atoms with Crippen molar-refractivity contribution in [1.29, 1.82) is 0 Å². The lowest BCUT2D eigenvalue weighted by atomic mass is 10.0. The molecule has 0 saturated heterocycles. The highest BCUT2D eigenvalue weighted by atomic mass is 19.4. The van der Waals surface area contributed by atoms with Gasteiger partial charge in [0.15, 0.2) is 0 Å². The van der Waals surface area contributed by atoms with Gasteiger partial charge in [0.2, 0.25) is 0 Å². The van der Waals surface area contributed by atoms with E-state index in [4.69, 9.17) is 10.8 Å². The minimum absolute atomic E-state index is 0.0600. The summed E-state index contributed by atoms with van der Waals surface area (Å²) >= 11 is 0. The van der Waals surface area contributed by atoms with Crippen LogP contribution in [0.2, 0.25) is 0 Å². The first-order valence-electron chi connectivity index (χ1n) is 10.8. The molecule has 0 atom stereocenters. The second kappa shape index (κ2) is 10.3. The first kappa shape index (κ1) is 26.7. The second-order valence-electron chi connectivity index (χ2n) is 7.99. The predicted molar refractivity (Wildman–Crippen MR) is 124 cm³/mol. The summed E-state index contributed by atoms with van der Waals surface area (Å²) < 4.78 is 79.9. The van der Waals surface area contributed by atoms with Crippen molar-refractivity contribution in [2.24, 2.45) is 5.73 Å². The van der Waals surface area contributed by atoms with E-state index in [1.54, 1.807) is 24.3 Å². The van der Waals surface area contributed by atoms with Crippen LogP contribution in [-0.2, 0) is 12.4 Å². The fraction of sp³-hybridized carbons (Fsp3) is 0.192. The molecule has 3 aromatic carbocycles. The molecule has 0 aromatic heterocycles. The molecule has 4 nitrogen and oxygen atoms in total. The van der Waals surface area contributed by atoms with Crippen molar-refractivity contribution in [3.8, 4) is 0 Å². The Kier molecular flexibility index (Phi) is 7.66. The normalized spacial score (nSPS) is 13.8. The maximum atomic E-state index is 13.3. The van der Waals surface area contributed by atoms with E-state index >= 15 is 0 Å². The summed E-state index contributed by atoms with van der Waals surface area (Å²) in [5, 5.41) is 12.8. The maximum absolute atomic E-state index is 13.3. The summed E-state index contributed by atoms with van der Waals surface area (Å²) in [5.74, 6) is -1.11. The predicted octanol–water partition coefficient (Wildman–Crippen LogP) is 5.56. The van der Waals surface area contributed by atoms with Crippen LogP contribution >= 0.6 is 0 Å². The topological polar surface area (TPSA) is 75.3 Å². The molecule has 4 N–H and O–H groups in total. The quantitative estimate of drug-likeness (QED) is 0.382. The molecule has 3 rings (SSSR count). The molecule has 0 amide bonds. The lowest BCUT2D eigenvalue weighted by molar-refractivity contribution is -0.143. The minimum Gasteiger partial charge on any atom is -0.478 e. The number of aromatic carboxylic acids is 1. The Bertz CT molecular complexity index is 1350. The van der Waals surface area contributed by atoms with Crippen molar-refractivity contribution in [2.75, 3.05) is 5.32 Å². The molecule has 0 radical (unpaired) electrons. The number of hydrogen-bond acceptors (Lipinski definition) is 3. The third-order valence-corrected chi connectivity index (χ3v) is 5.37. The SMILES string of the molecule is CCC/C(Nc1cc(C(F)(F)F)cc(C(F)(F)F)c1)=c1/cccc/c1=C(/N)c1ccc(C(=O)O)cc1. The summed E-state index contributed by atoms with van der Waals surface area (Å²) in [6.07, 6.45) is -9.10. The van der Waals surface area contributed by atoms with E-state index in [9.17, 15) is 31.1 Å². The number of benzene rings is 3. The van der Waals surface area contributed by atoms with Gasteiger partial charge in [0.25, 0.3) is 0 Å². The van der Waals surface area contributed by atoms with Crippen molar-refractivity contribution in [3.63, 3.8) is 0 Å². The Hall–Kier alpha value is -3.95. The zero-order valence-corrected chi connectivity index (χ0v) is 19.0. The molecule has 0 saturated carbocycles. The molecule has 0 heterocycles. The number of carboxylic acid groups (broad SMARTS) is 1. The van der Waals surface area contributed by atoms with Crippen LogP contribution in [0.3, 0.4) is 0 Å². The smallest absolute Gasteiger partial charge is 0.416 e. The molecule has 190 valence electrons. The Morgan fingerprint density at radius 2 is 1.33 bits per heavy atom. The van der Waals surface area contributed by atoms with Crippen molar-refractivity contribution < 1.29 is 36.2 Å². The van der Waals surface area contributed by atoms with Crippen LogP contribution in [0.4, 0.5) is 32.0 Å². The average molecular weight is 508 g/mol. The fourth-order valence-electron chi connectivity index (χ4n) is 3.64. The standard InChI is InChI=1S/C26H22F6N2O2/c1-2-5-22(34-19-13-17(25(27,28)29)12-18(14-19)26(30,31)32)20-6-3-4-7-21(20)23(33)15-8-10-16(11-9-15)24(35)36/h3-4,6-14,34H,2,5,33H2,1H3,(H,35,36)/b22-20+,23-21-. The Labute approximate surface area is 202 Å². The van der Waals surface area contributed by atoms with Crippen LogP contribution in [0.5, 0.6) is 0 Å². The van der Waals surface area contributed by atoms with Crippen molar-refractivity contribution >= 4 is 23.1 Å². The van der Waals surface area contributed by atoms with Gasteiger partial charge in [-0.25, -0.2) is 4.79 Å². The Morgan fingerprint density at radius 1 is 0.833 bits per heavy atom. The molecule has 0 fully saturated rings. The lowest BCUT2D eigenvalue weighted by Gasteiger charge is -2.17. The number of alkyl halides is 6. The monoisotopic (exact) mass is 508 g/mol. The molecule has 0 aliphatic rings. The molecular formula is C26H22F6N2O2. The van der Waals surface area contributed by atoms with Gasteiger partial charge >= 0.3 is 18.3 Å². The van der Waals surface area contributed by atoms with Gasteiger partial charge in [0.1, 0.15) is 0 Å². The molecule has 36 heavy (non-hydrogen) atoms. The first-order chi connectivity index (χ1) is 16.8. The summed E-state index contributed by atoms with van der Waals surface area (Å²) in [5.41, 5.74) is 4.36. The number of halogens is 6. The van der Waals surface area contributed by atoms with E-state index in [1.165, 1.54) is 24.3 Å². The summed E-state index contributed by atoms with van der Waals surface area (Å²) in [4.78, 5) is 11.1. The number of carboxylic acids is 1. The first-order valence-corrected chi connectivity index (χ1v) is 10.8. The number of anilines is 1. The van der Waals surface area contributed by atoms with Crippen LogP contribution in [0.25, 0.3) is 11.4 Å². The van der Waals surface area contributed by atoms with Gasteiger partial charge in [-0.15, -0.1) is 0 Å². The van der Waals surface area contributed by atoms with E-state index in [-0.39, 0.29) is 23.0 Å². The van der Waals surface area contributed by atoms with Gasteiger partial charge in [-0.05, 0) is 42.3 Å². The highest BCUT2D eigenvalue weighted by Crippen LogP contribution is 2.37. The van der Waals surface area contributed by atoms with E-state index in [0.29, 0.717) is 46.7 Å². The number of nitrogens with two attached hydrogens (primary N) is 1. The molecule has 10 heteroatoms. The average Bonchev–Trinajstić information content (AvgIpc) is 2.82. The molecule has 0 aliphatic carbocycles. The van der Waals surface area contributed by atoms with E-state index in [2.05, 4.69) is 5.32 Å². The van der Waals surface area contributed by atoms with Gasteiger partial charge in [-0.1, -0.05) is 49.7 Å². The number of hydrogen-bond donors (Lipinski definition) is 3. The largest absolute Gasteiger partial charge is 0.478 e. The van der Waals surface area contributed by atoms with E-state index < -0.39 is 29.4 Å². The van der Waals surface area contributed by atoms with Gasteiger partial charge in [0, 0.05) is 27.5 Å². The summed E-state index contributed by atoms with van der Waals surface area (Å²) in [6, 6.07) is 13.8. The van der Waals surface area contributed by atoms with Gasteiger partial charge in [0.05, 0.1) is 16.7 Å². The minimum atomic E-state index is -4.97. The van der Waals surface area contributed by atoms with Gasteiger partial charge in [-0.3, -0.25) is 0 Å². The third-order valence-electron chi connectivity index (χ3n) is 5.37. The molecule has 0 spiro atoms. The maximum Gasteiger partial charge on any atom is 0.416 e. The highest BCUT2D eigenvalue weighted by Gasteiger charge is 2.37. The zero-order valence-electron chi connectivity index (χ0n) is 19.0. The number of nitrogens with one attached hydrogen (secondary N) is 1. The van der Waals surface area contributed by atoms with Crippen molar-refractivity contribution in [2.45, 2.75) is 32.1 Å². The lowest BCUT2D eigenvalue weighted by Crippen LogP contribution is -2.33. The zero-order chi connectivity index (χ0) is 26.7. The fourth-order valence-corrected chi connectivity index (χ4v) is 3.64. The van der Waals surface area contributed by atoms with E-state index in [1.807, 2.05) is 6.92 Å². The van der Waals surface area contributed by atoms with Crippen LogP contribution in [0.1, 0.15) is 46.8 Å². The Morgan fingerprint density at radius 3 is 1.81 bits per heavy atom. The number of carbonyl (C=O) groups is 1. The molecule has 3 aromatic rings. The van der Waals surface area contributed by atoms with Crippen LogP contribution in [0, 0.1) is 0 Å². The van der Waals surface area contributed by atoms with Crippen LogP contribution < -0.4 is 21.5 Å². The van der Waals surface area contributed by atoms with Crippen LogP contribution in [-0.4, -0.2) is 11.1 Å². The molecule has 0 aliphatic heterocycles. The molecular weight excluding hydrogens is 486 g/mol. The van der Waals surface area contributed by atoms with E-state index in [0.717, 1.165) is 0 Å². The third kappa shape index (κ3) is 6.18. The highest BCUT2D eigenvalue weighted by molar-refractivity contribution is 5.88.